The van der Waals surface area contributed by atoms with Crippen molar-refractivity contribution in [2.24, 2.45) is 0 Å². The maximum absolute atomic E-state index is 8.52. The largest absolute Gasteiger partial charge is 0.430 e. The second-order valence-corrected chi connectivity index (χ2v) is 5.12. The minimum Gasteiger partial charge on any atom is -0.430 e. The van der Waals surface area contributed by atoms with E-state index in [0.29, 0.717) is 21.3 Å². The average molecular weight is 296 g/mol. The van der Waals surface area contributed by atoms with Gasteiger partial charge in [-0.05, 0) is 45.0 Å². The van der Waals surface area contributed by atoms with Gasteiger partial charge in [0.2, 0.25) is 0 Å². The molecule has 0 spiro atoms. The van der Waals surface area contributed by atoms with Crippen molar-refractivity contribution in [3.8, 4) is 17.0 Å². The SMILES string of the molecule is N#CCc1ccc(Oc2nnc(Br)s2)cc1. The van der Waals surface area contributed by atoms with E-state index >= 15 is 0 Å². The fraction of sp³-hybridized carbons (Fsp3) is 0.100. The van der Waals surface area contributed by atoms with Gasteiger partial charge in [0.15, 0.2) is 3.92 Å². The summed E-state index contributed by atoms with van der Waals surface area (Å²) in [4.78, 5) is 0. The van der Waals surface area contributed by atoms with Gasteiger partial charge in [-0.1, -0.05) is 17.2 Å². The highest BCUT2D eigenvalue weighted by Gasteiger charge is 2.03. The number of hydrogen-bond acceptors (Lipinski definition) is 5. The maximum atomic E-state index is 8.52. The highest BCUT2D eigenvalue weighted by atomic mass is 79.9. The summed E-state index contributed by atoms with van der Waals surface area (Å²) in [6.07, 6.45) is 0.407. The molecule has 0 radical (unpaired) electrons. The first-order valence-corrected chi connectivity index (χ1v) is 6.01. The summed E-state index contributed by atoms with van der Waals surface area (Å²) >= 11 is 4.52. The quantitative estimate of drug-likeness (QED) is 0.873. The van der Waals surface area contributed by atoms with Gasteiger partial charge in [-0.15, -0.1) is 5.10 Å². The van der Waals surface area contributed by atoms with Gasteiger partial charge >= 0.3 is 0 Å². The fourth-order valence-corrected chi connectivity index (χ4v) is 2.04. The first-order chi connectivity index (χ1) is 7.78. The molecule has 1 aromatic carbocycles. The van der Waals surface area contributed by atoms with E-state index in [-0.39, 0.29) is 0 Å². The van der Waals surface area contributed by atoms with Gasteiger partial charge in [0, 0.05) is 0 Å². The standard InChI is InChI=1S/C10H6BrN3OS/c11-9-13-14-10(16-9)15-8-3-1-7(2-4-8)5-6-12/h1-4H,5H2. The summed E-state index contributed by atoms with van der Waals surface area (Å²) in [5.41, 5.74) is 0.966. The zero-order valence-corrected chi connectivity index (χ0v) is 10.5. The molecule has 16 heavy (non-hydrogen) atoms. The van der Waals surface area contributed by atoms with Gasteiger partial charge in [0.1, 0.15) is 5.75 Å². The molecule has 0 amide bonds. The number of benzene rings is 1. The molecule has 4 nitrogen and oxygen atoms in total. The molecular formula is C10H6BrN3OS. The van der Waals surface area contributed by atoms with Crippen molar-refractivity contribution in [2.45, 2.75) is 6.42 Å². The summed E-state index contributed by atoms with van der Waals surface area (Å²) < 4.78 is 6.15. The molecule has 1 aromatic heterocycles. The number of nitrogens with zero attached hydrogens (tertiary/aromatic N) is 3. The molecule has 2 rings (SSSR count). The third-order valence-corrected chi connectivity index (χ3v) is 3.03. The molecule has 80 valence electrons. The Labute approximate surface area is 105 Å². The Morgan fingerprint density at radius 2 is 2.06 bits per heavy atom. The number of aromatic nitrogens is 2. The second-order valence-electron chi connectivity index (χ2n) is 2.90. The molecule has 0 saturated carbocycles. The van der Waals surface area contributed by atoms with Crippen molar-refractivity contribution < 1.29 is 4.74 Å². The van der Waals surface area contributed by atoms with Crippen LogP contribution in [0.15, 0.2) is 28.2 Å². The summed E-state index contributed by atoms with van der Waals surface area (Å²) in [6, 6.07) is 9.42. The molecule has 0 aliphatic rings. The van der Waals surface area contributed by atoms with Crippen LogP contribution in [0.25, 0.3) is 0 Å². The van der Waals surface area contributed by atoms with Crippen LogP contribution in [0, 0.1) is 11.3 Å². The molecular weight excluding hydrogens is 290 g/mol. The molecule has 2 aromatic rings. The third-order valence-electron chi connectivity index (χ3n) is 1.79. The Morgan fingerprint density at radius 3 is 2.62 bits per heavy atom. The van der Waals surface area contributed by atoms with Crippen LogP contribution >= 0.6 is 27.3 Å². The van der Waals surface area contributed by atoms with Crippen molar-refractivity contribution in [3.63, 3.8) is 0 Å². The Balaban J connectivity index is 2.08. The zero-order valence-electron chi connectivity index (χ0n) is 8.05. The lowest BCUT2D eigenvalue weighted by Gasteiger charge is -2.00. The van der Waals surface area contributed by atoms with Gasteiger partial charge in [-0.25, -0.2) is 0 Å². The Hall–Kier alpha value is -1.45. The van der Waals surface area contributed by atoms with E-state index in [1.807, 2.05) is 24.3 Å². The highest BCUT2D eigenvalue weighted by Crippen LogP contribution is 2.27. The van der Waals surface area contributed by atoms with E-state index in [9.17, 15) is 0 Å². The van der Waals surface area contributed by atoms with E-state index in [4.69, 9.17) is 10.00 Å². The second kappa shape index (κ2) is 5.05. The van der Waals surface area contributed by atoms with Crippen molar-refractivity contribution in [2.75, 3.05) is 0 Å². The van der Waals surface area contributed by atoms with Gasteiger partial charge in [0.05, 0.1) is 12.5 Å². The summed E-state index contributed by atoms with van der Waals surface area (Å²) in [5, 5.41) is 16.6. The topological polar surface area (TPSA) is 58.8 Å². The van der Waals surface area contributed by atoms with Crippen LogP contribution in [-0.2, 0) is 6.42 Å². The fourth-order valence-electron chi connectivity index (χ4n) is 1.10. The monoisotopic (exact) mass is 295 g/mol. The average Bonchev–Trinajstić information content (AvgIpc) is 2.67. The molecule has 0 aliphatic carbocycles. The highest BCUT2D eigenvalue weighted by molar-refractivity contribution is 9.11. The van der Waals surface area contributed by atoms with E-state index < -0.39 is 0 Å². The van der Waals surface area contributed by atoms with Crippen molar-refractivity contribution in [1.82, 2.24) is 10.2 Å². The number of nitriles is 1. The minimum atomic E-state index is 0.407. The minimum absolute atomic E-state index is 0.407. The Kier molecular flexibility index (Phi) is 3.49. The lowest BCUT2D eigenvalue weighted by molar-refractivity contribution is 0.473. The molecule has 0 N–H and O–H groups in total. The molecule has 1 heterocycles. The smallest absolute Gasteiger partial charge is 0.300 e. The molecule has 0 fully saturated rings. The van der Waals surface area contributed by atoms with Crippen LogP contribution in [0.2, 0.25) is 0 Å². The predicted octanol–water partition coefficient (Wildman–Crippen LogP) is 3.16. The van der Waals surface area contributed by atoms with Crippen LogP contribution in [0.4, 0.5) is 0 Å². The summed E-state index contributed by atoms with van der Waals surface area (Å²) in [6.45, 7) is 0. The normalized spacial score (nSPS) is 9.75. The van der Waals surface area contributed by atoms with E-state index in [0.717, 1.165) is 5.56 Å². The zero-order chi connectivity index (χ0) is 11.4. The molecule has 0 bridgehead atoms. The van der Waals surface area contributed by atoms with Crippen LogP contribution < -0.4 is 4.74 Å². The number of hydrogen-bond donors (Lipinski definition) is 0. The number of rotatable bonds is 3. The Morgan fingerprint density at radius 1 is 1.31 bits per heavy atom. The third kappa shape index (κ3) is 2.78. The van der Waals surface area contributed by atoms with Crippen molar-refractivity contribution in [1.29, 1.82) is 5.26 Å². The molecule has 0 saturated heterocycles. The predicted molar refractivity (Wildman–Crippen MR) is 63.4 cm³/mol. The van der Waals surface area contributed by atoms with Gasteiger partial charge in [-0.2, -0.15) is 5.26 Å². The van der Waals surface area contributed by atoms with Crippen molar-refractivity contribution in [3.05, 3.63) is 33.7 Å². The Bertz CT molecular complexity index is 518. The van der Waals surface area contributed by atoms with Gasteiger partial charge in [-0.3, -0.25) is 0 Å². The number of halogens is 1. The lowest BCUT2D eigenvalue weighted by atomic mass is 10.2. The van der Waals surface area contributed by atoms with E-state index in [1.54, 1.807) is 0 Å². The first-order valence-electron chi connectivity index (χ1n) is 4.40. The van der Waals surface area contributed by atoms with Crippen LogP contribution in [0.1, 0.15) is 5.56 Å². The summed E-state index contributed by atoms with van der Waals surface area (Å²) in [5.74, 6) is 0.685. The molecule has 6 heteroatoms. The van der Waals surface area contributed by atoms with E-state index in [2.05, 4.69) is 32.2 Å². The molecule has 0 unspecified atom stereocenters. The van der Waals surface area contributed by atoms with Gasteiger partial charge < -0.3 is 4.74 Å². The first kappa shape index (κ1) is 11.0. The lowest BCUT2D eigenvalue weighted by Crippen LogP contribution is -1.85. The molecule has 0 aliphatic heterocycles. The van der Waals surface area contributed by atoms with Crippen molar-refractivity contribution >= 4 is 27.3 Å². The number of ether oxygens (including phenoxy) is 1. The van der Waals surface area contributed by atoms with Crippen LogP contribution in [-0.4, -0.2) is 10.2 Å². The molecule has 0 atom stereocenters. The maximum Gasteiger partial charge on any atom is 0.300 e. The van der Waals surface area contributed by atoms with Gasteiger partial charge in [0.25, 0.3) is 5.19 Å². The van der Waals surface area contributed by atoms with Crippen LogP contribution in [0.3, 0.4) is 0 Å². The van der Waals surface area contributed by atoms with Crippen LogP contribution in [0.5, 0.6) is 10.9 Å². The summed E-state index contributed by atoms with van der Waals surface area (Å²) in [7, 11) is 0. The van der Waals surface area contributed by atoms with E-state index in [1.165, 1.54) is 11.3 Å².